The monoisotopic (exact) mass is 368 g/mol. The molecule has 1 aliphatic heterocycles. The van der Waals surface area contributed by atoms with Crippen LogP contribution in [0.15, 0.2) is 47.8 Å². The Morgan fingerprint density at radius 1 is 1.12 bits per heavy atom. The summed E-state index contributed by atoms with van der Waals surface area (Å²) < 4.78 is 16.1. The molecule has 1 atom stereocenters. The van der Waals surface area contributed by atoms with E-state index in [1.165, 1.54) is 25.6 Å². The van der Waals surface area contributed by atoms with E-state index in [0.717, 1.165) is 11.3 Å². The van der Waals surface area contributed by atoms with E-state index in [9.17, 15) is 4.79 Å². The maximum absolute atomic E-state index is 12.3. The highest BCUT2D eigenvalue weighted by molar-refractivity contribution is 7.14. The zero-order valence-corrected chi connectivity index (χ0v) is 15.0. The van der Waals surface area contributed by atoms with Crippen LogP contribution in [-0.2, 0) is 4.74 Å². The first-order valence-corrected chi connectivity index (χ1v) is 8.82. The minimum atomic E-state index is -0.618. The summed E-state index contributed by atoms with van der Waals surface area (Å²) in [6.07, 6.45) is -0.618. The lowest BCUT2D eigenvalue weighted by Gasteiger charge is -2.13. The van der Waals surface area contributed by atoms with Gasteiger partial charge in [-0.3, -0.25) is 0 Å². The fourth-order valence-electron chi connectivity index (χ4n) is 2.90. The van der Waals surface area contributed by atoms with Gasteiger partial charge >= 0.3 is 5.97 Å². The van der Waals surface area contributed by atoms with Crippen molar-refractivity contribution in [2.24, 2.45) is 0 Å². The highest BCUT2D eigenvalue weighted by atomic mass is 32.1. The first-order chi connectivity index (χ1) is 12.7. The second-order valence-electron chi connectivity index (χ2n) is 5.60. The van der Waals surface area contributed by atoms with Crippen LogP contribution in [0.3, 0.4) is 0 Å². The fourth-order valence-corrected chi connectivity index (χ4v) is 3.64. The van der Waals surface area contributed by atoms with Crippen LogP contribution in [0.25, 0.3) is 11.3 Å². The number of hydrogen-bond acceptors (Lipinski definition) is 7. The summed E-state index contributed by atoms with van der Waals surface area (Å²) in [5.74, 6) is 0.418. The predicted molar refractivity (Wildman–Crippen MR) is 98.9 cm³/mol. The van der Waals surface area contributed by atoms with Crippen molar-refractivity contribution in [3.63, 3.8) is 0 Å². The van der Waals surface area contributed by atoms with Crippen molar-refractivity contribution in [2.75, 3.05) is 19.5 Å². The van der Waals surface area contributed by atoms with Crippen LogP contribution < -0.4 is 14.8 Å². The highest BCUT2D eigenvalue weighted by Gasteiger charge is 2.36. The minimum absolute atomic E-state index is 0.378. The lowest BCUT2D eigenvalue weighted by atomic mass is 10.1. The van der Waals surface area contributed by atoms with Gasteiger partial charge in [-0.1, -0.05) is 30.3 Å². The van der Waals surface area contributed by atoms with Crippen LogP contribution in [0.4, 0.5) is 5.13 Å². The van der Waals surface area contributed by atoms with Gasteiger partial charge in [0.15, 0.2) is 16.6 Å². The lowest BCUT2D eigenvalue weighted by Crippen LogP contribution is -2.10. The van der Waals surface area contributed by atoms with Gasteiger partial charge in [-0.05, 0) is 12.1 Å². The number of methoxy groups -OCH3 is 2. The standard InChI is InChI=1S/C19H16N2O4S/c1-23-14-9-8-12-15(16(14)24-2)18(22)25-17(12)21-19-20-13(10-26-19)11-6-4-3-5-7-11/h3-10,17H,1-2H3,(H,20,21)/t17-/m0/s1. The van der Waals surface area contributed by atoms with Gasteiger partial charge in [-0.25, -0.2) is 9.78 Å². The van der Waals surface area contributed by atoms with Gasteiger partial charge in [0.1, 0.15) is 5.56 Å². The van der Waals surface area contributed by atoms with Crippen molar-refractivity contribution >= 4 is 22.4 Å². The maximum Gasteiger partial charge on any atom is 0.344 e. The first kappa shape index (κ1) is 16.4. The summed E-state index contributed by atoms with van der Waals surface area (Å²) in [5.41, 5.74) is 2.98. The smallest absolute Gasteiger partial charge is 0.344 e. The Bertz CT molecular complexity index is 955. The van der Waals surface area contributed by atoms with Crippen molar-refractivity contribution < 1.29 is 19.0 Å². The number of nitrogens with one attached hydrogen (secondary N) is 1. The zero-order valence-electron chi connectivity index (χ0n) is 14.2. The molecule has 2 heterocycles. The van der Waals surface area contributed by atoms with Crippen LogP contribution in [0.5, 0.6) is 11.5 Å². The van der Waals surface area contributed by atoms with Gasteiger partial charge in [0.2, 0.25) is 6.23 Å². The first-order valence-electron chi connectivity index (χ1n) is 7.94. The van der Waals surface area contributed by atoms with Gasteiger partial charge in [-0.2, -0.15) is 0 Å². The molecule has 26 heavy (non-hydrogen) atoms. The summed E-state index contributed by atoms with van der Waals surface area (Å²) in [6, 6.07) is 13.5. The number of cyclic esters (lactones) is 1. The highest BCUT2D eigenvalue weighted by Crippen LogP contribution is 2.42. The van der Waals surface area contributed by atoms with Crippen molar-refractivity contribution in [2.45, 2.75) is 6.23 Å². The van der Waals surface area contributed by atoms with Gasteiger partial charge in [-0.15, -0.1) is 11.3 Å². The van der Waals surface area contributed by atoms with Crippen molar-refractivity contribution in [3.8, 4) is 22.8 Å². The number of fused-ring (bicyclic) bond motifs is 1. The van der Waals surface area contributed by atoms with Crippen LogP contribution >= 0.6 is 11.3 Å². The number of benzene rings is 2. The van der Waals surface area contributed by atoms with Crippen molar-refractivity contribution in [1.29, 1.82) is 0 Å². The number of ether oxygens (including phenoxy) is 3. The second kappa shape index (κ2) is 6.68. The molecule has 0 saturated heterocycles. The lowest BCUT2D eigenvalue weighted by molar-refractivity contribution is 0.0435. The molecule has 2 aromatic carbocycles. The minimum Gasteiger partial charge on any atom is -0.493 e. The number of aromatic nitrogens is 1. The Hall–Kier alpha value is -3.06. The summed E-state index contributed by atoms with van der Waals surface area (Å²) in [6.45, 7) is 0. The molecular formula is C19H16N2O4S. The Balaban J connectivity index is 1.62. The second-order valence-corrected chi connectivity index (χ2v) is 6.46. The SMILES string of the molecule is COc1ccc2c(c1OC)C(=O)O[C@@H]2Nc1nc(-c2ccccc2)cs1. The Labute approximate surface area is 154 Å². The molecule has 0 fully saturated rings. The number of nitrogens with zero attached hydrogens (tertiary/aromatic N) is 1. The molecule has 0 aliphatic carbocycles. The predicted octanol–water partition coefficient (Wildman–Crippen LogP) is 4.11. The summed E-state index contributed by atoms with van der Waals surface area (Å²) >= 11 is 1.46. The molecule has 1 aromatic heterocycles. The Morgan fingerprint density at radius 3 is 2.65 bits per heavy atom. The number of carbonyl (C=O) groups is 1. The molecule has 1 aliphatic rings. The van der Waals surface area contributed by atoms with E-state index >= 15 is 0 Å². The third-order valence-electron chi connectivity index (χ3n) is 4.12. The Kier molecular flexibility index (Phi) is 4.22. The van der Waals surface area contributed by atoms with E-state index in [4.69, 9.17) is 14.2 Å². The molecule has 1 N–H and O–H groups in total. The molecular weight excluding hydrogens is 352 g/mol. The van der Waals surface area contributed by atoms with E-state index in [0.29, 0.717) is 27.8 Å². The van der Waals surface area contributed by atoms with Crippen molar-refractivity contribution in [1.82, 2.24) is 4.98 Å². The van der Waals surface area contributed by atoms with Gasteiger partial charge in [0.05, 0.1) is 19.9 Å². The fraction of sp³-hybridized carbons (Fsp3) is 0.158. The molecule has 132 valence electrons. The van der Waals surface area contributed by atoms with E-state index < -0.39 is 12.2 Å². The molecule has 0 radical (unpaired) electrons. The number of thiazole rings is 1. The van der Waals surface area contributed by atoms with E-state index in [1.807, 2.05) is 35.7 Å². The summed E-state index contributed by atoms with van der Waals surface area (Å²) in [4.78, 5) is 16.9. The number of rotatable bonds is 5. The molecule has 0 saturated carbocycles. The van der Waals surface area contributed by atoms with Gasteiger partial charge < -0.3 is 19.5 Å². The van der Waals surface area contributed by atoms with Gasteiger partial charge in [0.25, 0.3) is 0 Å². The average Bonchev–Trinajstić information content (AvgIpc) is 3.27. The molecule has 6 nitrogen and oxygen atoms in total. The third kappa shape index (κ3) is 2.76. The topological polar surface area (TPSA) is 69.7 Å². The molecule has 4 rings (SSSR count). The van der Waals surface area contributed by atoms with E-state index in [2.05, 4.69) is 10.3 Å². The van der Waals surface area contributed by atoms with E-state index in [1.54, 1.807) is 12.1 Å². The number of hydrogen-bond donors (Lipinski definition) is 1. The summed E-state index contributed by atoms with van der Waals surface area (Å²) in [7, 11) is 3.03. The van der Waals surface area contributed by atoms with Crippen LogP contribution in [-0.4, -0.2) is 25.2 Å². The average molecular weight is 368 g/mol. The van der Waals surface area contributed by atoms with Crippen LogP contribution in [0.1, 0.15) is 22.1 Å². The van der Waals surface area contributed by atoms with E-state index in [-0.39, 0.29) is 0 Å². The molecule has 0 bridgehead atoms. The largest absolute Gasteiger partial charge is 0.493 e. The maximum atomic E-state index is 12.3. The molecule has 0 unspecified atom stereocenters. The van der Waals surface area contributed by atoms with Gasteiger partial charge in [0, 0.05) is 16.5 Å². The zero-order chi connectivity index (χ0) is 18.1. The third-order valence-corrected chi connectivity index (χ3v) is 4.89. The molecule has 7 heteroatoms. The quantitative estimate of drug-likeness (QED) is 0.684. The van der Waals surface area contributed by atoms with Crippen LogP contribution in [0, 0.1) is 0 Å². The normalized spacial score (nSPS) is 15.3. The summed E-state index contributed by atoms with van der Waals surface area (Å²) in [5, 5.41) is 5.81. The van der Waals surface area contributed by atoms with Crippen molar-refractivity contribution in [3.05, 3.63) is 59.0 Å². The molecule has 0 spiro atoms. The molecule has 0 amide bonds. The Morgan fingerprint density at radius 2 is 1.92 bits per heavy atom. The number of anilines is 1. The number of carbonyl (C=O) groups excluding carboxylic acids is 1. The van der Waals surface area contributed by atoms with Crippen LogP contribution in [0.2, 0.25) is 0 Å². The number of esters is 1. The molecule has 3 aromatic rings.